The van der Waals surface area contributed by atoms with Gasteiger partial charge in [0.25, 0.3) is 0 Å². The highest BCUT2D eigenvalue weighted by atomic mass is 32.2. The van der Waals surface area contributed by atoms with Crippen LogP contribution in [0.1, 0.15) is 26.3 Å². The van der Waals surface area contributed by atoms with E-state index in [2.05, 4.69) is 55.3 Å². The standard InChI is InChI=1S/C18H28N2O2S/c1-18(2,3)23-14-17(21)19-11-16-13-20(9-10-22-16)12-15-7-5-4-6-8-15/h4-8,16H,9-14H2,1-3H3,(H,19,21). The average molecular weight is 337 g/mol. The molecule has 1 aliphatic rings. The van der Waals surface area contributed by atoms with Crippen molar-refractivity contribution in [2.45, 2.75) is 38.2 Å². The Hall–Kier alpha value is -1.04. The number of ether oxygens (including phenoxy) is 1. The summed E-state index contributed by atoms with van der Waals surface area (Å²) in [7, 11) is 0. The number of hydrogen-bond donors (Lipinski definition) is 1. The summed E-state index contributed by atoms with van der Waals surface area (Å²) in [6.07, 6.45) is 0.0797. The number of carbonyl (C=O) groups is 1. The van der Waals surface area contributed by atoms with Gasteiger partial charge in [0, 0.05) is 30.9 Å². The number of amides is 1. The van der Waals surface area contributed by atoms with E-state index in [-0.39, 0.29) is 16.8 Å². The minimum absolute atomic E-state index is 0.0797. The van der Waals surface area contributed by atoms with Crippen molar-refractivity contribution in [1.29, 1.82) is 0 Å². The number of rotatable bonds is 6. The molecule has 1 atom stereocenters. The largest absolute Gasteiger partial charge is 0.374 e. The third-order valence-corrected chi connectivity index (χ3v) is 4.91. The number of thioether (sulfide) groups is 1. The molecular formula is C18H28N2O2S. The maximum absolute atomic E-state index is 11.9. The molecule has 0 radical (unpaired) electrons. The van der Waals surface area contributed by atoms with Crippen LogP contribution in [0.3, 0.4) is 0 Å². The molecule has 1 aromatic carbocycles. The molecule has 23 heavy (non-hydrogen) atoms. The van der Waals surface area contributed by atoms with Gasteiger partial charge in [-0.15, -0.1) is 11.8 Å². The lowest BCUT2D eigenvalue weighted by atomic mass is 10.2. The van der Waals surface area contributed by atoms with Crippen LogP contribution in [0.15, 0.2) is 30.3 Å². The van der Waals surface area contributed by atoms with Crippen molar-refractivity contribution in [2.75, 3.05) is 32.0 Å². The van der Waals surface area contributed by atoms with Gasteiger partial charge in [-0.05, 0) is 5.56 Å². The number of carbonyl (C=O) groups excluding carboxylic acids is 1. The smallest absolute Gasteiger partial charge is 0.230 e. The molecule has 128 valence electrons. The zero-order valence-corrected chi connectivity index (χ0v) is 15.2. The Morgan fingerprint density at radius 2 is 2.09 bits per heavy atom. The fourth-order valence-corrected chi connectivity index (χ4v) is 3.12. The molecule has 1 unspecified atom stereocenters. The third-order valence-electron chi connectivity index (χ3n) is 3.64. The normalized spacial score (nSPS) is 19.5. The van der Waals surface area contributed by atoms with Crippen molar-refractivity contribution in [1.82, 2.24) is 10.2 Å². The summed E-state index contributed by atoms with van der Waals surface area (Å²) in [4.78, 5) is 14.3. The summed E-state index contributed by atoms with van der Waals surface area (Å²) in [5.41, 5.74) is 1.32. The predicted octanol–water partition coefficient (Wildman–Crippen LogP) is 2.54. The Morgan fingerprint density at radius 3 is 2.78 bits per heavy atom. The third kappa shape index (κ3) is 7.38. The molecular weight excluding hydrogens is 308 g/mol. The van der Waals surface area contributed by atoms with Gasteiger partial charge < -0.3 is 10.1 Å². The van der Waals surface area contributed by atoms with Gasteiger partial charge in [-0.2, -0.15) is 0 Å². The van der Waals surface area contributed by atoms with Gasteiger partial charge in [0.1, 0.15) is 0 Å². The van der Waals surface area contributed by atoms with E-state index in [0.29, 0.717) is 12.3 Å². The number of morpholine rings is 1. The van der Waals surface area contributed by atoms with Gasteiger partial charge >= 0.3 is 0 Å². The van der Waals surface area contributed by atoms with Crippen molar-refractivity contribution in [3.8, 4) is 0 Å². The van der Waals surface area contributed by atoms with Crippen LogP contribution in [0, 0.1) is 0 Å². The van der Waals surface area contributed by atoms with E-state index in [0.717, 1.165) is 26.2 Å². The second-order valence-corrected chi connectivity index (χ2v) is 8.72. The summed E-state index contributed by atoms with van der Waals surface area (Å²) >= 11 is 1.67. The summed E-state index contributed by atoms with van der Waals surface area (Å²) in [6.45, 7) is 10.4. The molecule has 1 aromatic rings. The maximum Gasteiger partial charge on any atom is 0.230 e. The van der Waals surface area contributed by atoms with Crippen LogP contribution in [0.5, 0.6) is 0 Å². The topological polar surface area (TPSA) is 41.6 Å². The van der Waals surface area contributed by atoms with Gasteiger partial charge in [-0.3, -0.25) is 9.69 Å². The van der Waals surface area contributed by atoms with E-state index < -0.39 is 0 Å². The van der Waals surface area contributed by atoms with Gasteiger partial charge in [-0.25, -0.2) is 0 Å². The summed E-state index contributed by atoms with van der Waals surface area (Å²) in [5.74, 6) is 0.595. The quantitative estimate of drug-likeness (QED) is 0.867. The van der Waals surface area contributed by atoms with Gasteiger partial charge in [0.05, 0.1) is 18.5 Å². The molecule has 5 heteroatoms. The molecule has 1 heterocycles. The Morgan fingerprint density at radius 1 is 1.35 bits per heavy atom. The number of nitrogens with zero attached hydrogens (tertiary/aromatic N) is 1. The Kier molecular flexibility index (Phi) is 6.93. The second-order valence-electron chi connectivity index (χ2n) is 6.92. The molecule has 0 bridgehead atoms. The van der Waals surface area contributed by atoms with Crippen molar-refractivity contribution in [2.24, 2.45) is 0 Å². The molecule has 2 rings (SSSR count). The first-order valence-electron chi connectivity index (χ1n) is 8.21. The molecule has 4 nitrogen and oxygen atoms in total. The van der Waals surface area contributed by atoms with Gasteiger partial charge in [0.2, 0.25) is 5.91 Å². The fraction of sp³-hybridized carbons (Fsp3) is 0.611. The lowest BCUT2D eigenvalue weighted by Gasteiger charge is -2.33. The molecule has 1 amide bonds. The molecule has 1 saturated heterocycles. The number of nitrogens with one attached hydrogen (secondary N) is 1. The predicted molar refractivity (Wildman–Crippen MR) is 96.7 cm³/mol. The monoisotopic (exact) mass is 336 g/mol. The SMILES string of the molecule is CC(C)(C)SCC(=O)NCC1CN(Cc2ccccc2)CCO1. The zero-order valence-electron chi connectivity index (χ0n) is 14.4. The highest BCUT2D eigenvalue weighted by Crippen LogP contribution is 2.22. The van der Waals surface area contributed by atoms with Crippen LogP contribution >= 0.6 is 11.8 Å². The van der Waals surface area contributed by atoms with Crippen LogP contribution in [0.25, 0.3) is 0 Å². The van der Waals surface area contributed by atoms with E-state index in [1.807, 2.05) is 6.07 Å². The molecule has 1 aliphatic heterocycles. The maximum atomic E-state index is 11.9. The summed E-state index contributed by atoms with van der Waals surface area (Å²) in [5, 5.41) is 3.00. The highest BCUT2D eigenvalue weighted by Gasteiger charge is 2.21. The first-order valence-corrected chi connectivity index (χ1v) is 9.19. The lowest BCUT2D eigenvalue weighted by molar-refractivity contribution is -0.119. The average Bonchev–Trinajstić information content (AvgIpc) is 2.52. The van der Waals surface area contributed by atoms with Crippen LogP contribution in [-0.2, 0) is 16.1 Å². The van der Waals surface area contributed by atoms with Crippen molar-refractivity contribution < 1.29 is 9.53 Å². The second kappa shape index (κ2) is 8.71. The van der Waals surface area contributed by atoms with E-state index in [1.54, 1.807) is 11.8 Å². The van der Waals surface area contributed by atoms with Crippen LogP contribution in [0.4, 0.5) is 0 Å². The van der Waals surface area contributed by atoms with Gasteiger partial charge in [-0.1, -0.05) is 51.1 Å². The zero-order chi connectivity index (χ0) is 16.7. The van der Waals surface area contributed by atoms with Gasteiger partial charge in [0.15, 0.2) is 0 Å². The van der Waals surface area contributed by atoms with Crippen LogP contribution in [0.2, 0.25) is 0 Å². The summed E-state index contributed by atoms with van der Waals surface area (Å²) in [6, 6.07) is 10.5. The Balaban J connectivity index is 1.70. The van der Waals surface area contributed by atoms with E-state index in [9.17, 15) is 4.79 Å². The highest BCUT2D eigenvalue weighted by molar-refractivity contribution is 8.01. The number of benzene rings is 1. The number of hydrogen-bond acceptors (Lipinski definition) is 4. The van der Waals surface area contributed by atoms with Crippen LogP contribution in [-0.4, -0.2) is 53.7 Å². The fourth-order valence-electron chi connectivity index (χ4n) is 2.45. The Bertz CT molecular complexity index is 488. The molecule has 0 aliphatic carbocycles. The summed E-state index contributed by atoms with van der Waals surface area (Å²) < 4.78 is 5.89. The van der Waals surface area contributed by atoms with E-state index in [1.165, 1.54) is 5.56 Å². The Labute approximate surface area is 144 Å². The lowest BCUT2D eigenvalue weighted by Crippen LogP contribution is -2.47. The van der Waals surface area contributed by atoms with E-state index in [4.69, 9.17) is 4.74 Å². The van der Waals surface area contributed by atoms with E-state index >= 15 is 0 Å². The minimum atomic E-state index is 0.0797. The molecule has 0 saturated carbocycles. The molecule has 1 fully saturated rings. The van der Waals surface area contributed by atoms with Crippen molar-refractivity contribution >= 4 is 17.7 Å². The molecule has 0 spiro atoms. The van der Waals surface area contributed by atoms with Crippen molar-refractivity contribution in [3.63, 3.8) is 0 Å². The first-order chi connectivity index (χ1) is 10.9. The van der Waals surface area contributed by atoms with Crippen molar-refractivity contribution in [3.05, 3.63) is 35.9 Å². The minimum Gasteiger partial charge on any atom is -0.374 e. The van der Waals surface area contributed by atoms with Crippen LogP contribution < -0.4 is 5.32 Å². The molecule has 0 aromatic heterocycles. The molecule has 1 N–H and O–H groups in total. The first kappa shape index (κ1) is 18.3.